The van der Waals surface area contributed by atoms with Gasteiger partial charge in [0.2, 0.25) is 0 Å². The Morgan fingerprint density at radius 2 is 1.46 bits per heavy atom. The lowest BCUT2D eigenvalue weighted by Gasteiger charge is -2.43. The molecule has 5 aromatic rings. The summed E-state index contributed by atoms with van der Waals surface area (Å²) < 4.78 is 22.8. The number of thiophene rings is 1. The molecular formula is C41H47BrN2O6SSi. The van der Waals surface area contributed by atoms with Gasteiger partial charge in [-0.3, -0.25) is 14.2 Å². The van der Waals surface area contributed by atoms with E-state index in [1.165, 1.54) is 11.3 Å². The smallest absolute Gasteiger partial charge is 0.333 e. The fraction of sp³-hybridized carbons (Fsp3) is 0.390. The molecule has 0 bridgehead atoms. The van der Waals surface area contributed by atoms with Crippen molar-refractivity contribution in [1.29, 1.82) is 0 Å². The molecule has 1 aliphatic rings. The van der Waals surface area contributed by atoms with Crippen LogP contribution in [0.3, 0.4) is 0 Å². The molecule has 1 saturated heterocycles. The number of ether oxygens (including phenoxy) is 2. The predicted molar refractivity (Wildman–Crippen MR) is 215 cm³/mol. The van der Waals surface area contributed by atoms with Gasteiger partial charge in [0.25, 0.3) is 5.56 Å². The number of hydrogen-bond donors (Lipinski definition) is 0. The maximum absolute atomic E-state index is 15.0. The number of hydrogen-bond acceptors (Lipinski definition) is 7. The molecular weight excluding hydrogens is 757 g/mol. The number of aromatic nitrogens is 2. The monoisotopic (exact) mass is 802 g/mol. The Hall–Kier alpha value is -3.61. The van der Waals surface area contributed by atoms with E-state index < -0.39 is 42.2 Å². The number of rotatable bonds is 10. The quantitative estimate of drug-likeness (QED) is 0.137. The molecule has 0 amide bonds. The fourth-order valence-electron chi connectivity index (χ4n) is 7.35. The zero-order valence-corrected chi connectivity index (χ0v) is 34.3. The second kappa shape index (κ2) is 15.0. The molecule has 1 unspecified atom stereocenters. The lowest BCUT2D eigenvalue weighted by atomic mass is 10.0. The lowest BCUT2D eigenvalue weighted by Crippen LogP contribution is -2.69. The Balaban J connectivity index is 1.52. The number of halogens is 1. The van der Waals surface area contributed by atoms with Crippen LogP contribution < -0.4 is 21.6 Å². The highest BCUT2D eigenvalue weighted by Gasteiger charge is 2.55. The fourth-order valence-corrected chi connectivity index (χ4v) is 13.5. The molecule has 3 aromatic carbocycles. The molecule has 11 heteroatoms. The summed E-state index contributed by atoms with van der Waals surface area (Å²) in [6.45, 7) is 14.7. The SMILES string of the molecule is Cc1ccccc1C(Cn1c(=O)n(C(C)(C)C(=O)O[Si](c2ccccc2)(c2ccccc2)C(C)(C)C)c(=O)c2c(C)c(Br)sc21)OC1CCOCC1. The van der Waals surface area contributed by atoms with Crippen molar-refractivity contribution in [2.45, 2.75) is 90.6 Å². The molecule has 0 aliphatic carbocycles. The van der Waals surface area contributed by atoms with E-state index in [0.29, 0.717) is 29.0 Å². The second-order valence-electron chi connectivity index (χ2n) is 15.1. The van der Waals surface area contributed by atoms with Crippen LogP contribution in [0.15, 0.2) is 98.3 Å². The predicted octanol–water partition coefficient (Wildman–Crippen LogP) is 7.38. The van der Waals surface area contributed by atoms with Crippen molar-refractivity contribution in [3.63, 3.8) is 0 Å². The minimum atomic E-state index is -3.38. The minimum Gasteiger partial charge on any atom is -0.508 e. The van der Waals surface area contributed by atoms with Crippen LogP contribution in [-0.4, -0.2) is 42.7 Å². The van der Waals surface area contributed by atoms with E-state index in [-0.39, 0.29) is 12.6 Å². The van der Waals surface area contributed by atoms with Crippen molar-refractivity contribution >= 4 is 62.1 Å². The van der Waals surface area contributed by atoms with Crippen LogP contribution in [-0.2, 0) is 30.8 Å². The van der Waals surface area contributed by atoms with Gasteiger partial charge in [0.15, 0.2) is 0 Å². The number of fused-ring (bicyclic) bond motifs is 1. The summed E-state index contributed by atoms with van der Waals surface area (Å²) in [6, 6.07) is 27.7. The summed E-state index contributed by atoms with van der Waals surface area (Å²) >= 11 is 4.98. The second-order valence-corrected chi connectivity index (χ2v) is 21.7. The van der Waals surface area contributed by atoms with Crippen LogP contribution in [0.2, 0.25) is 5.04 Å². The third-order valence-electron chi connectivity index (χ3n) is 10.3. The van der Waals surface area contributed by atoms with Crippen LogP contribution in [0.1, 0.15) is 70.3 Å². The molecule has 0 saturated carbocycles. The van der Waals surface area contributed by atoms with Gasteiger partial charge in [0.05, 0.1) is 21.8 Å². The highest BCUT2D eigenvalue weighted by atomic mass is 79.9. The first-order valence-electron chi connectivity index (χ1n) is 17.8. The number of nitrogens with zero attached hydrogens (tertiary/aromatic N) is 2. The van der Waals surface area contributed by atoms with Gasteiger partial charge >= 0.3 is 20.0 Å². The molecule has 1 aliphatic heterocycles. The number of aryl methyl sites for hydroxylation is 2. The Morgan fingerprint density at radius 3 is 2.02 bits per heavy atom. The zero-order chi connectivity index (χ0) is 37.4. The molecule has 1 fully saturated rings. The zero-order valence-electron chi connectivity index (χ0n) is 30.9. The Morgan fingerprint density at radius 1 is 0.904 bits per heavy atom. The van der Waals surface area contributed by atoms with E-state index in [1.807, 2.05) is 98.8 Å². The third-order valence-corrected chi connectivity index (χ3v) is 17.4. The van der Waals surface area contributed by atoms with Gasteiger partial charge in [0.1, 0.15) is 16.5 Å². The van der Waals surface area contributed by atoms with Crippen LogP contribution in [0.4, 0.5) is 0 Å². The highest BCUT2D eigenvalue weighted by molar-refractivity contribution is 9.11. The molecule has 8 nitrogen and oxygen atoms in total. The van der Waals surface area contributed by atoms with Crippen molar-refractivity contribution < 1.29 is 18.7 Å². The van der Waals surface area contributed by atoms with Crippen molar-refractivity contribution in [2.24, 2.45) is 0 Å². The summed E-state index contributed by atoms with van der Waals surface area (Å²) in [5.41, 5.74) is -0.0962. The van der Waals surface area contributed by atoms with Crippen molar-refractivity contribution in [3.8, 4) is 0 Å². The number of carbonyl (C=O) groups is 1. The van der Waals surface area contributed by atoms with Crippen molar-refractivity contribution in [3.05, 3.63) is 126 Å². The van der Waals surface area contributed by atoms with E-state index in [0.717, 1.165) is 42.7 Å². The Bertz CT molecular complexity index is 2140. The van der Waals surface area contributed by atoms with Gasteiger partial charge in [-0.25, -0.2) is 9.36 Å². The van der Waals surface area contributed by atoms with E-state index in [9.17, 15) is 14.4 Å². The van der Waals surface area contributed by atoms with E-state index in [4.69, 9.17) is 13.9 Å². The highest BCUT2D eigenvalue weighted by Crippen LogP contribution is 2.39. The van der Waals surface area contributed by atoms with Gasteiger partial charge in [-0.15, -0.1) is 11.3 Å². The van der Waals surface area contributed by atoms with Crippen LogP contribution in [0.5, 0.6) is 0 Å². The van der Waals surface area contributed by atoms with E-state index >= 15 is 0 Å². The molecule has 6 rings (SSSR count). The molecule has 274 valence electrons. The third kappa shape index (κ3) is 6.93. The minimum absolute atomic E-state index is 0.0508. The average molecular weight is 804 g/mol. The summed E-state index contributed by atoms with van der Waals surface area (Å²) in [5, 5.41) is 1.72. The maximum atomic E-state index is 15.0. The van der Waals surface area contributed by atoms with Gasteiger partial charge in [0, 0.05) is 13.2 Å². The first-order valence-corrected chi connectivity index (χ1v) is 21.3. The molecule has 2 aromatic heterocycles. The lowest BCUT2D eigenvalue weighted by molar-refractivity contribution is -0.144. The summed E-state index contributed by atoms with van der Waals surface area (Å²) in [6.07, 6.45) is 0.947. The Labute approximate surface area is 318 Å². The molecule has 0 radical (unpaired) electrons. The topological polar surface area (TPSA) is 88.8 Å². The van der Waals surface area contributed by atoms with Crippen molar-refractivity contribution in [2.75, 3.05) is 13.2 Å². The van der Waals surface area contributed by atoms with E-state index in [1.54, 1.807) is 18.4 Å². The maximum Gasteiger partial charge on any atom is 0.333 e. The summed E-state index contributed by atoms with van der Waals surface area (Å²) in [5.74, 6) is -0.646. The van der Waals surface area contributed by atoms with Gasteiger partial charge < -0.3 is 13.9 Å². The van der Waals surface area contributed by atoms with Crippen molar-refractivity contribution in [1.82, 2.24) is 9.13 Å². The Kier molecular flexibility index (Phi) is 11.0. The van der Waals surface area contributed by atoms with Gasteiger partial charge in [-0.05, 0) is 88.6 Å². The first kappa shape index (κ1) is 38.1. The largest absolute Gasteiger partial charge is 0.508 e. The number of carbonyl (C=O) groups excluding carboxylic acids is 1. The first-order chi connectivity index (χ1) is 24.7. The van der Waals surface area contributed by atoms with Crippen LogP contribution in [0.25, 0.3) is 10.2 Å². The molecule has 1 atom stereocenters. The van der Waals surface area contributed by atoms with Gasteiger partial charge in [-0.2, -0.15) is 0 Å². The van der Waals surface area contributed by atoms with Crippen LogP contribution >= 0.6 is 27.3 Å². The van der Waals surface area contributed by atoms with Gasteiger partial charge in [-0.1, -0.05) is 106 Å². The van der Waals surface area contributed by atoms with Crippen LogP contribution in [0, 0.1) is 13.8 Å². The molecule has 0 N–H and O–H groups in total. The molecule has 3 heterocycles. The number of benzene rings is 3. The average Bonchev–Trinajstić information content (AvgIpc) is 3.42. The standard InChI is InChI=1S/C41H47BrN2O6SSi/c1-27-16-14-15-21-32(27)33(49-29-22-24-48-25-23-29)26-43-37-34(28(2)35(42)51-37)36(45)44(39(43)47)41(6,7)38(46)50-52(40(3,4)5,30-17-10-8-11-18-30)31-19-12-9-13-20-31/h8-21,29,33H,22-26H2,1-7H3. The van der Waals surface area contributed by atoms with E-state index in [2.05, 4.69) is 36.7 Å². The summed E-state index contributed by atoms with van der Waals surface area (Å²) in [4.78, 5) is 45.0. The normalized spacial score (nSPS) is 15.2. The summed E-state index contributed by atoms with van der Waals surface area (Å²) in [7, 11) is -3.38. The molecule has 0 spiro atoms. The molecule has 52 heavy (non-hydrogen) atoms.